The van der Waals surface area contributed by atoms with Gasteiger partial charge >= 0.3 is 0 Å². The largest absolute Gasteiger partial charge is 0.368 e. The van der Waals surface area contributed by atoms with Gasteiger partial charge in [-0.25, -0.2) is 4.39 Å². The smallest absolute Gasteiger partial charge is 0.255 e. The molecule has 1 N–H and O–H groups in total. The normalized spacial score (nSPS) is 24.2. The number of piperazine rings is 1. The van der Waals surface area contributed by atoms with Crippen molar-refractivity contribution in [1.82, 2.24) is 15.1 Å². The SMILES string of the molecule is O=C1CCC(N2Cc3c(cc(F)cc3N3CCN(C(=O)C4CCC4)CC3)C2=O)C(=O)N1. The van der Waals surface area contributed by atoms with Crippen LogP contribution in [0, 0.1) is 11.7 Å². The molecule has 2 saturated heterocycles. The fourth-order valence-corrected chi connectivity index (χ4v) is 4.97. The van der Waals surface area contributed by atoms with E-state index in [4.69, 9.17) is 0 Å². The minimum Gasteiger partial charge on any atom is -0.368 e. The van der Waals surface area contributed by atoms with Gasteiger partial charge in [0, 0.05) is 61.9 Å². The van der Waals surface area contributed by atoms with Crippen molar-refractivity contribution in [3.8, 4) is 0 Å². The summed E-state index contributed by atoms with van der Waals surface area (Å²) in [6.45, 7) is 2.50. The van der Waals surface area contributed by atoms with Gasteiger partial charge in [0.25, 0.3) is 5.91 Å². The Morgan fingerprint density at radius 2 is 1.77 bits per heavy atom. The summed E-state index contributed by atoms with van der Waals surface area (Å²) in [5, 5.41) is 2.28. The second kappa shape index (κ2) is 7.62. The van der Waals surface area contributed by atoms with Gasteiger partial charge in [-0.3, -0.25) is 24.5 Å². The summed E-state index contributed by atoms with van der Waals surface area (Å²) in [4.78, 5) is 54.6. The second-order valence-electron chi connectivity index (χ2n) is 8.79. The average molecular weight is 428 g/mol. The van der Waals surface area contributed by atoms with E-state index in [2.05, 4.69) is 5.32 Å². The van der Waals surface area contributed by atoms with E-state index >= 15 is 0 Å². The summed E-state index contributed by atoms with van der Waals surface area (Å²) < 4.78 is 14.4. The van der Waals surface area contributed by atoms with Crippen molar-refractivity contribution in [3.63, 3.8) is 0 Å². The van der Waals surface area contributed by atoms with E-state index in [-0.39, 0.29) is 48.6 Å². The van der Waals surface area contributed by atoms with Gasteiger partial charge in [0.05, 0.1) is 0 Å². The maximum Gasteiger partial charge on any atom is 0.255 e. The van der Waals surface area contributed by atoms with Gasteiger partial charge in [-0.05, 0) is 31.4 Å². The third-order valence-electron chi connectivity index (χ3n) is 6.98. The van der Waals surface area contributed by atoms with Crippen LogP contribution in [0.1, 0.15) is 48.0 Å². The van der Waals surface area contributed by atoms with Gasteiger partial charge in [-0.15, -0.1) is 0 Å². The lowest BCUT2D eigenvalue weighted by molar-refractivity contribution is -0.138. The molecule has 1 aliphatic carbocycles. The molecule has 1 aromatic carbocycles. The summed E-state index contributed by atoms with van der Waals surface area (Å²) >= 11 is 0. The first-order valence-corrected chi connectivity index (χ1v) is 10.9. The Balaban J connectivity index is 1.34. The lowest BCUT2D eigenvalue weighted by Crippen LogP contribution is -2.52. The summed E-state index contributed by atoms with van der Waals surface area (Å²) in [5.41, 5.74) is 1.62. The molecule has 1 atom stereocenters. The number of hydrogen-bond acceptors (Lipinski definition) is 5. The molecule has 3 aliphatic heterocycles. The molecule has 164 valence electrons. The summed E-state index contributed by atoms with van der Waals surface area (Å²) in [7, 11) is 0. The molecule has 1 aromatic rings. The number of benzene rings is 1. The third kappa shape index (κ3) is 3.45. The topological polar surface area (TPSA) is 90.0 Å². The van der Waals surface area contributed by atoms with E-state index in [1.165, 1.54) is 17.0 Å². The Hall–Kier alpha value is -2.97. The van der Waals surface area contributed by atoms with E-state index in [1.54, 1.807) is 0 Å². The van der Waals surface area contributed by atoms with Crippen molar-refractivity contribution in [2.24, 2.45) is 5.92 Å². The van der Waals surface area contributed by atoms with Crippen molar-refractivity contribution in [3.05, 3.63) is 29.1 Å². The molecule has 5 rings (SSSR count). The van der Waals surface area contributed by atoms with Gasteiger partial charge in [0.1, 0.15) is 11.9 Å². The molecule has 0 radical (unpaired) electrons. The van der Waals surface area contributed by atoms with Gasteiger partial charge in [0.15, 0.2) is 0 Å². The highest BCUT2D eigenvalue weighted by Crippen LogP contribution is 2.36. The second-order valence-corrected chi connectivity index (χ2v) is 8.79. The minimum atomic E-state index is -0.731. The van der Waals surface area contributed by atoms with Crippen LogP contribution in [-0.2, 0) is 20.9 Å². The minimum absolute atomic E-state index is 0.157. The van der Waals surface area contributed by atoms with E-state index in [1.807, 2.05) is 9.80 Å². The predicted octanol–water partition coefficient (Wildman–Crippen LogP) is 1.04. The van der Waals surface area contributed by atoms with Crippen LogP contribution < -0.4 is 10.2 Å². The van der Waals surface area contributed by atoms with E-state index in [0.29, 0.717) is 37.4 Å². The Labute approximate surface area is 179 Å². The molecule has 3 fully saturated rings. The lowest BCUT2D eigenvalue weighted by Gasteiger charge is -2.39. The summed E-state index contributed by atoms with van der Waals surface area (Å²) in [5.74, 6) is -1.34. The van der Waals surface area contributed by atoms with Crippen LogP contribution in [0.5, 0.6) is 0 Å². The fourth-order valence-electron chi connectivity index (χ4n) is 4.97. The molecule has 0 aromatic heterocycles. The summed E-state index contributed by atoms with van der Waals surface area (Å²) in [6, 6.07) is 1.93. The molecule has 4 aliphatic rings. The van der Waals surface area contributed by atoms with Crippen molar-refractivity contribution < 1.29 is 23.6 Å². The van der Waals surface area contributed by atoms with Crippen molar-refractivity contribution in [1.29, 1.82) is 0 Å². The van der Waals surface area contributed by atoms with Crippen LogP contribution >= 0.6 is 0 Å². The van der Waals surface area contributed by atoms with Gasteiger partial charge in [-0.2, -0.15) is 0 Å². The van der Waals surface area contributed by atoms with E-state index < -0.39 is 17.8 Å². The molecular formula is C22H25FN4O4. The first-order chi connectivity index (χ1) is 14.9. The molecule has 31 heavy (non-hydrogen) atoms. The number of hydrogen-bond donors (Lipinski definition) is 1. The van der Waals surface area contributed by atoms with Gasteiger partial charge in [0.2, 0.25) is 17.7 Å². The monoisotopic (exact) mass is 428 g/mol. The highest BCUT2D eigenvalue weighted by Gasteiger charge is 2.41. The molecule has 0 bridgehead atoms. The predicted molar refractivity (Wildman–Crippen MR) is 109 cm³/mol. The first-order valence-electron chi connectivity index (χ1n) is 10.9. The van der Waals surface area contributed by atoms with Crippen molar-refractivity contribution in [2.45, 2.75) is 44.7 Å². The number of anilines is 1. The molecular weight excluding hydrogens is 403 g/mol. The van der Waals surface area contributed by atoms with Crippen LogP contribution in [0.15, 0.2) is 12.1 Å². The Morgan fingerprint density at radius 1 is 1.03 bits per heavy atom. The highest BCUT2D eigenvalue weighted by molar-refractivity contribution is 6.06. The molecule has 0 spiro atoms. The van der Waals surface area contributed by atoms with E-state index in [0.717, 1.165) is 19.3 Å². The van der Waals surface area contributed by atoms with Crippen LogP contribution in [0.4, 0.5) is 10.1 Å². The highest BCUT2D eigenvalue weighted by atomic mass is 19.1. The van der Waals surface area contributed by atoms with Crippen LogP contribution in [0.3, 0.4) is 0 Å². The zero-order valence-corrected chi connectivity index (χ0v) is 17.2. The van der Waals surface area contributed by atoms with E-state index in [9.17, 15) is 23.6 Å². The quantitative estimate of drug-likeness (QED) is 0.727. The number of halogens is 1. The maximum absolute atomic E-state index is 14.4. The number of rotatable bonds is 3. The lowest BCUT2D eigenvalue weighted by atomic mass is 9.84. The Kier molecular flexibility index (Phi) is 4.91. The number of nitrogens with zero attached hydrogens (tertiary/aromatic N) is 3. The van der Waals surface area contributed by atoms with Crippen LogP contribution in [0.2, 0.25) is 0 Å². The van der Waals surface area contributed by atoms with Crippen LogP contribution in [-0.4, -0.2) is 65.6 Å². The Morgan fingerprint density at radius 3 is 2.42 bits per heavy atom. The van der Waals surface area contributed by atoms with Crippen molar-refractivity contribution >= 4 is 29.3 Å². The molecule has 1 saturated carbocycles. The van der Waals surface area contributed by atoms with Gasteiger partial charge in [-0.1, -0.05) is 6.42 Å². The standard InChI is InChI=1S/C22H25FN4O4/c23-14-10-15-16(12-27(22(15)31)17-4-5-19(28)24-20(17)29)18(11-14)25-6-8-26(9-7-25)21(30)13-2-1-3-13/h10-11,13,17H,1-9,12H2,(H,24,28,29). The van der Waals surface area contributed by atoms with Crippen LogP contribution in [0.25, 0.3) is 0 Å². The molecule has 8 nitrogen and oxygen atoms in total. The number of carbonyl (C=O) groups excluding carboxylic acids is 4. The first kappa shape index (κ1) is 20.0. The molecule has 1 unspecified atom stereocenters. The number of carbonyl (C=O) groups is 4. The molecule has 4 amide bonds. The third-order valence-corrected chi connectivity index (χ3v) is 6.98. The van der Waals surface area contributed by atoms with Gasteiger partial charge < -0.3 is 14.7 Å². The Bertz CT molecular complexity index is 969. The average Bonchev–Trinajstić information content (AvgIpc) is 3.02. The zero-order chi connectivity index (χ0) is 21.7. The number of imide groups is 1. The number of fused-ring (bicyclic) bond motifs is 1. The number of amides is 4. The zero-order valence-electron chi connectivity index (χ0n) is 17.2. The maximum atomic E-state index is 14.4. The summed E-state index contributed by atoms with van der Waals surface area (Å²) in [6.07, 6.45) is 3.49. The fraction of sp³-hybridized carbons (Fsp3) is 0.545. The molecule has 9 heteroatoms. The number of piperidine rings is 1. The number of nitrogens with one attached hydrogen (secondary N) is 1. The van der Waals surface area contributed by atoms with Crippen molar-refractivity contribution in [2.75, 3.05) is 31.1 Å². The molecule has 3 heterocycles.